The minimum Gasteiger partial charge on any atom is -0.376 e. The van der Waals surface area contributed by atoms with Crippen LogP contribution in [-0.4, -0.2) is 62.4 Å². The molecule has 3 heterocycles. The maximum Gasteiger partial charge on any atom is 0.244 e. The second kappa shape index (κ2) is 6.65. The number of thioether (sulfide) groups is 1. The Labute approximate surface area is 128 Å². The van der Waals surface area contributed by atoms with Crippen molar-refractivity contribution in [2.24, 2.45) is 0 Å². The molecule has 7 nitrogen and oxygen atoms in total. The zero-order chi connectivity index (χ0) is 14.7. The van der Waals surface area contributed by atoms with Crippen LogP contribution in [0.2, 0.25) is 0 Å². The van der Waals surface area contributed by atoms with E-state index < -0.39 is 0 Å². The molecule has 2 saturated heterocycles. The molecule has 21 heavy (non-hydrogen) atoms. The summed E-state index contributed by atoms with van der Waals surface area (Å²) in [6.45, 7) is 1.69. The first-order valence-corrected chi connectivity index (χ1v) is 8.51. The molecule has 2 aliphatic heterocycles. The number of anilines is 1. The van der Waals surface area contributed by atoms with Gasteiger partial charge in [0.25, 0.3) is 0 Å². The average Bonchev–Trinajstić information content (AvgIpc) is 3.18. The minimum absolute atomic E-state index is 0.0721. The van der Waals surface area contributed by atoms with E-state index in [1.54, 1.807) is 0 Å². The summed E-state index contributed by atoms with van der Waals surface area (Å²) >= 11 is 1.91. The fourth-order valence-electron chi connectivity index (χ4n) is 2.84. The highest BCUT2D eigenvalue weighted by Crippen LogP contribution is 2.24. The topological polar surface area (TPSA) is 86.3 Å². The number of nitrogen functional groups attached to an aromatic ring is 1. The van der Waals surface area contributed by atoms with Crippen LogP contribution in [0, 0.1) is 0 Å². The third-order valence-corrected chi connectivity index (χ3v) is 5.09. The number of ether oxygens (including phenoxy) is 1. The van der Waals surface area contributed by atoms with Gasteiger partial charge in [0.15, 0.2) is 0 Å². The summed E-state index contributed by atoms with van der Waals surface area (Å²) in [5, 5.41) is 3.99. The lowest BCUT2D eigenvalue weighted by atomic mass is 10.1. The lowest BCUT2D eigenvalue weighted by Gasteiger charge is -2.30. The van der Waals surface area contributed by atoms with E-state index in [4.69, 9.17) is 10.5 Å². The standard InChI is InChI=1S/C13H21N5O2S/c14-13-15-9-17(16-13)7-12(19)18(10-3-5-21-8-10)6-11-2-1-4-20-11/h9-11H,1-8H2,(H2,14,16). The number of carbonyl (C=O) groups is 1. The Morgan fingerprint density at radius 1 is 1.57 bits per heavy atom. The highest BCUT2D eigenvalue weighted by Gasteiger charge is 2.30. The van der Waals surface area contributed by atoms with Crippen LogP contribution in [0.1, 0.15) is 19.3 Å². The van der Waals surface area contributed by atoms with Crippen molar-refractivity contribution in [2.45, 2.75) is 38.0 Å². The van der Waals surface area contributed by atoms with Gasteiger partial charge in [-0.1, -0.05) is 0 Å². The highest BCUT2D eigenvalue weighted by atomic mass is 32.2. The van der Waals surface area contributed by atoms with Crippen molar-refractivity contribution in [3.63, 3.8) is 0 Å². The van der Waals surface area contributed by atoms with Crippen molar-refractivity contribution in [3.05, 3.63) is 6.33 Å². The molecule has 1 amide bonds. The van der Waals surface area contributed by atoms with Crippen molar-refractivity contribution in [1.29, 1.82) is 0 Å². The van der Waals surface area contributed by atoms with Gasteiger partial charge in [0, 0.05) is 24.9 Å². The van der Waals surface area contributed by atoms with Gasteiger partial charge in [-0.05, 0) is 25.0 Å². The molecule has 1 aromatic heterocycles. The Morgan fingerprint density at radius 2 is 2.48 bits per heavy atom. The third kappa shape index (κ3) is 3.68. The number of nitrogens with zero attached hydrogens (tertiary/aromatic N) is 4. The molecular weight excluding hydrogens is 290 g/mol. The molecule has 8 heteroatoms. The second-order valence-corrected chi connectivity index (χ2v) is 6.65. The molecule has 0 spiro atoms. The average molecular weight is 311 g/mol. The zero-order valence-electron chi connectivity index (χ0n) is 12.0. The molecule has 3 rings (SSSR count). The van der Waals surface area contributed by atoms with Gasteiger partial charge in [0.2, 0.25) is 11.9 Å². The molecule has 0 bridgehead atoms. The van der Waals surface area contributed by atoms with Gasteiger partial charge in [-0.3, -0.25) is 4.79 Å². The van der Waals surface area contributed by atoms with E-state index in [0.717, 1.165) is 37.4 Å². The quantitative estimate of drug-likeness (QED) is 0.846. The van der Waals surface area contributed by atoms with Crippen LogP contribution < -0.4 is 5.73 Å². The SMILES string of the molecule is Nc1ncn(CC(=O)N(CC2CCCO2)C2CCSC2)n1. The maximum atomic E-state index is 12.6. The van der Waals surface area contributed by atoms with E-state index in [1.165, 1.54) is 11.0 Å². The summed E-state index contributed by atoms with van der Waals surface area (Å²) < 4.78 is 7.19. The number of carbonyl (C=O) groups excluding carboxylic acids is 1. The molecule has 2 fully saturated rings. The molecule has 1 aromatic rings. The number of hydrogen-bond acceptors (Lipinski definition) is 6. The van der Waals surface area contributed by atoms with E-state index in [2.05, 4.69) is 10.1 Å². The highest BCUT2D eigenvalue weighted by molar-refractivity contribution is 7.99. The van der Waals surface area contributed by atoms with E-state index in [-0.39, 0.29) is 24.5 Å². The van der Waals surface area contributed by atoms with Crippen LogP contribution in [0.3, 0.4) is 0 Å². The predicted octanol–water partition coefficient (Wildman–Crippen LogP) is 0.373. The molecule has 116 valence electrons. The first-order valence-electron chi connectivity index (χ1n) is 7.36. The largest absolute Gasteiger partial charge is 0.376 e. The maximum absolute atomic E-state index is 12.6. The molecule has 2 N–H and O–H groups in total. The third-order valence-electron chi connectivity index (χ3n) is 3.94. The summed E-state index contributed by atoms with van der Waals surface area (Å²) in [5.41, 5.74) is 5.49. The van der Waals surface area contributed by atoms with Gasteiger partial charge in [-0.25, -0.2) is 9.67 Å². The fourth-order valence-corrected chi connectivity index (χ4v) is 4.07. The Bertz CT molecular complexity index is 483. The van der Waals surface area contributed by atoms with Gasteiger partial charge in [0.1, 0.15) is 12.9 Å². The van der Waals surface area contributed by atoms with Crippen LogP contribution in [0.15, 0.2) is 6.33 Å². The first kappa shape index (κ1) is 14.6. The Kier molecular flexibility index (Phi) is 4.64. The lowest BCUT2D eigenvalue weighted by Crippen LogP contribution is -2.46. The van der Waals surface area contributed by atoms with Gasteiger partial charge in [-0.15, -0.1) is 5.10 Å². The van der Waals surface area contributed by atoms with E-state index in [9.17, 15) is 4.79 Å². The molecule has 0 aliphatic carbocycles. The normalized spacial score (nSPS) is 25.3. The van der Waals surface area contributed by atoms with Crippen LogP contribution >= 0.6 is 11.8 Å². The summed E-state index contributed by atoms with van der Waals surface area (Å²) in [6.07, 6.45) is 4.87. The molecule has 0 radical (unpaired) electrons. The Morgan fingerprint density at radius 3 is 3.10 bits per heavy atom. The van der Waals surface area contributed by atoms with Crippen LogP contribution in [0.4, 0.5) is 5.95 Å². The molecule has 2 unspecified atom stereocenters. The molecule has 2 aliphatic rings. The smallest absolute Gasteiger partial charge is 0.244 e. The summed E-state index contributed by atoms with van der Waals surface area (Å²) in [6, 6.07) is 0.313. The van der Waals surface area contributed by atoms with Gasteiger partial charge in [0.05, 0.1) is 6.10 Å². The minimum atomic E-state index is 0.0721. The van der Waals surface area contributed by atoms with Gasteiger partial charge >= 0.3 is 0 Å². The summed E-state index contributed by atoms with van der Waals surface area (Å²) in [5.74, 6) is 2.40. The number of rotatable bonds is 5. The summed E-state index contributed by atoms with van der Waals surface area (Å²) in [4.78, 5) is 18.5. The monoisotopic (exact) mass is 311 g/mol. The lowest BCUT2D eigenvalue weighted by molar-refractivity contribution is -0.135. The Balaban J connectivity index is 1.65. The number of hydrogen-bond donors (Lipinski definition) is 1. The van der Waals surface area contributed by atoms with Crippen LogP contribution in [0.5, 0.6) is 0 Å². The van der Waals surface area contributed by atoms with Gasteiger partial charge < -0.3 is 15.4 Å². The van der Waals surface area contributed by atoms with Crippen LogP contribution in [-0.2, 0) is 16.1 Å². The molecule has 2 atom stereocenters. The number of amides is 1. The number of nitrogens with two attached hydrogens (primary N) is 1. The Hall–Kier alpha value is -1.28. The zero-order valence-corrected chi connectivity index (χ0v) is 12.8. The van der Waals surface area contributed by atoms with E-state index >= 15 is 0 Å². The van der Waals surface area contributed by atoms with Crippen molar-refractivity contribution in [1.82, 2.24) is 19.7 Å². The van der Waals surface area contributed by atoms with E-state index in [0.29, 0.717) is 12.6 Å². The molecule has 0 aromatic carbocycles. The van der Waals surface area contributed by atoms with Crippen molar-refractivity contribution >= 4 is 23.6 Å². The second-order valence-electron chi connectivity index (χ2n) is 5.50. The van der Waals surface area contributed by atoms with Crippen molar-refractivity contribution in [2.75, 3.05) is 30.4 Å². The molecule has 0 saturated carbocycles. The van der Waals surface area contributed by atoms with Crippen molar-refractivity contribution in [3.8, 4) is 0 Å². The van der Waals surface area contributed by atoms with Crippen LogP contribution in [0.25, 0.3) is 0 Å². The predicted molar refractivity (Wildman–Crippen MR) is 80.9 cm³/mol. The van der Waals surface area contributed by atoms with E-state index in [1.807, 2.05) is 16.7 Å². The number of aromatic nitrogens is 3. The van der Waals surface area contributed by atoms with Crippen molar-refractivity contribution < 1.29 is 9.53 Å². The summed E-state index contributed by atoms with van der Waals surface area (Å²) in [7, 11) is 0. The van der Waals surface area contributed by atoms with Gasteiger partial charge in [-0.2, -0.15) is 11.8 Å². The fraction of sp³-hybridized carbons (Fsp3) is 0.769. The molecular formula is C13H21N5O2S. The first-order chi connectivity index (χ1) is 10.2.